The summed E-state index contributed by atoms with van der Waals surface area (Å²) in [4.78, 5) is 58.5. The highest BCUT2D eigenvalue weighted by Gasteiger charge is 2.53. The van der Waals surface area contributed by atoms with Gasteiger partial charge in [0, 0.05) is 19.1 Å². The van der Waals surface area contributed by atoms with Crippen molar-refractivity contribution in [3.8, 4) is 0 Å². The second-order valence-electron chi connectivity index (χ2n) is 15.2. The third-order valence-electron chi connectivity index (χ3n) is 9.68. The molecule has 3 aromatic rings. The van der Waals surface area contributed by atoms with Crippen LogP contribution in [0.25, 0.3) is 10.8 Å². The van der Waals surface area contributed by atoms with Crippen LogP contribution in [0.15, 0.2) is 72.8 Å². The number of ether oxygens (including phenoxy) is 1. The summed E-state index contributed by atoms with van der Waals surface area (Å²) in [6.45, 7) is 11.5. The van der Waals surface area contributed by atoms with Gasteiger partial charge in [-0.3, -0.25) is 14.4 Å². The van der Waals surface area contributed by atoms with Crippen molar-refractivity contribution in [1.82, 2.24) is 15.5 Å². The number of aliphatic hydroxyl groups is 2. The Labute approximate surface area is 321 Å². The minimum absolute atomic E-state index is 0.0100. The lowest BCUT2D eigenvalue weighted by Gasteiger charge is -2.43. The van der Waals surface area contributed by atoms with Crippen LogP contribution in [-0.4, -0.2) is 70.3 Å². The second-order valence-corrected chi connectivity index (χ2v) is 15.2. The van der Waals surface area contributed by atoms with Gasteiger partial charge in [-0.25, -0.2) is 9.69 Å². The molecule has 0 fully saturated rings. The molecule has 0 aromatic heterocycles. The van der Waals surface area contributed by atoms with E-state index in [1.54, 1.807) is 24.3 Å². The van der Waals surface area contributed by atoms with Crippen LogP contribution >= 0.6 is 0 Å². The lowest BCUT2D eigenvalue weighted by atomic mass is 9.78. The van der Waals surface area contributed by atoms with E-state index in [0.717, 1.165) is 10.3 Å². The Morgan fingerprint density at radius 3 is 2.17 bits per heavy atom. The molecule has 296 valence electrons. The van der Waals surface area contributed by atoms with Gasteiger partial charge < -0.3 is 31.3 Å². The molecule has 0 heterocycles. The van der Waals surface area contributed by atoms with Gasteiger partial charge in [-0.1, -0.05) is 120 Å². The monoisotopic (exact) mass is 746 g/mol. The molecule has 54 heavy (non-hydrogen) atoms. The number of nitrogens with zero attached hydrogens (tertiary/aromatic N) is 1. The lowest BCUT2D eigenvalue weighted by molar-refractivity contribution is -0.149. The minimum atomic E-state index is -1.95. The van der Waals surface area contributed by atoms with Crippen LogP contribution in [0.2, 0.25) is 0 Å². The first-order valence-corrected chi connectivity index (χ1v) is 19.4. The van der Waals surface area contributed by atoms with Gasteiger partial charge >= 0.3 is 6.09 Å². The number of carbonyl (C=O) groups excluding carboxylic acids is 4. The van der Waals surface area contributed by atoms with Gasteiger partial charge in [0.1, 0.15) is 6.61 Å². The third kappa shape index (κ3) is 11.8. The number of carbonyl (C=O) groups is 4. The molecule has 0 bridgehead atoms. The number of nitrogens with two attached hydrogens (primary N) is 1. The maximum Gasteiger partial charge on any atom is 0.418 e. The molecule has 5 atom stereocenters. The average Bonchev–Trinajstić information content (AvgIpc) is 3.15. The number of rotatable bonds is 21. The highest BCUT2D eigenvalue weighted by molar-refractivity contribution is 6.05. The Morgan fingerprint density at radius 1 is 0.870 bits per heavy atom. The van der Waals surface area contributed by atoms with E-state index in [0.29, 0.717) is 55.2 Å². The van der Waals surface area contributed by atoms with Crippen molar-refractivity contribution in [3.63, 3.8) is 0 Å². The van der Waals surface area contributed by atoms with Crippen LogP contribution in [0.3, 0.4) is 0 Å². The highest BCUT2D eigenvalue weighted by Crippen LogP contribution is 2.40. The van der Waals surface area contributed by atoms with Crippen molar-refractivity contribution in [3.05, 3.63) is 83.9 Å². The quantitative estimate of drug-likeness (QED) is 0.0860. The number of fused-ring (bicyclic) bond motifs is 1. The van der Waals surface area contributed by atoms with Gasteiger partial charge in [0.15, 0.2) is 5.54 Å². The zero-order valence-electron chi connectivity index (χ0n) is 32.9. The maximum absolute atomic E-state index is 15.5. The maximum atomic E-state index is 15.5. The minimum Gasteiger partial charge on any atom is -0.444 e. The van der Waals surface area contributed by atoms with E-state index in [2.05, 4.69) is 10.6 Å². The van der Waals surface area contributed by atoms with Crippen LogP contribution in [0, 0.1) is 17.8 Å². The summed E-state index contributed by atoms with van der Waals surface area (Å²) in [5.74, 6) is -2.08. The molecule has 3 aromatic carbocycles. The predicted molar refractivity (Wildman–Crippen MR) is 212 cm³/mol. The van der Waals surface area contributed by atoms with Crippen molar-refractivity contribution in [2.45, 2.75) is 117 Å². The summed E-state index contributed by atoms with van der Waals surface area (Å²) >= 11 is 0. The van der Waals surface area contributed by atoms with E-state index in [1.807, 2.05) is 83.1 Å². The van der Waals surface area contributed by atoms with Crippen LogP contribution in [0.1, 0.15) is 97.6 Å². The summed E-state index contributed by atoms with van der Waals surface area (Å²) in [5, 5.41) is 29.0. The second kappa shape index (κ2) is 21.5. The normalized spacial score (nSPS) is 14.9. The van der Waals surface area contributed by atoms with E-state index in [1.165, 1.54) is 6.92 Å². The molecule has 0 aliphatic rings. The van der Waals surface area contributed by atoms with E-state index in [9.17, 15) is 24.6 Å². The number of hydrogen-bond acceptors (Lipinski definition) is 8. The van der Waals surface area contributed by atoms with Crippen molar-refractivity contribution in [2.75, 3.05) is 13.2 Å². The Hall–Kier alpha value is -4.32. The van der Waals surface area contributed by atoms with Gasteiger partial charge in [0.05, 0.1) is 18.2 Å². The number of hydrogen-bond donors (Lipinski definition) is 5. The first kappa shape index (κ1) is 44.1. The molecule has 3 rings (SSSR count). The first-order chi connectivity index (χ1) is 25.8. The zero-order chi connectivity index (χ0) is 39.8. The molecular weight excluding hydrogens is 684 g/mol. The van der Waals surface area contributed by atoms with Gasteiger partial charge in [-0.05, 0) is 72.8 Å². The highest BCUT2D eigenvalue weighted by atomic mass is 16.6. The third-order valence-corrected chi connectivity index (χ3v) is 9.68. The van der Waals surface area contributed by atoms with Crippen molar-refractivity contribution >= 4 is 34.6 Å². The Kier molecular flexibility index (Phi) is 17.6. The first-order valence-electron chi connectivity index (χ1n) is 19.4. The Morgan fingerprint density at radius 2 is 1.54 bits per heavy atom. The number of amides is 4. The Balaban J connectivity index is 2.22. The topological polar surface area (TPSA) is 171 Å². The molecule has 0 radical (unpaired) electrons. The molecule has 0 spiro atoms. The fourth-order valence-corrected chi connectivity index (χ4v) is 6.85. The molecule has 4 amide bonds. The van der Waals surface area contributed by atoms with Gasteiger partial charge in [-0.2, -0.15) is 0 Å². The molecule has 0 saturated heterocycles. The largest absolute Gasteiger partial charge is 0.444 e. The molecular formula is C43H62N4O7. The number of imide groups is 1. The van der Waals surface area contributed by atoms with E-state index >= 15 is 4.79 Å². The molecule has 1 unspecified atom stereocenters. The summed E-state index contributed by atoms with van der Waals surface area (Å²) in [5.41, 5.74) is 5.42. The molecule has 11 heteroatoms. The fourth-order valence-electron chi connectivity index (χ4n) is 6.85. The Bertz CT molecular complexity index is 1640. The van der Waals surface area contributed by atoms with Gasteiger partial charge in [0.2, 0.25) is 11.8 Å². The number of benzene rings is 3. The van der Waals surface area contributed by atoms with Crippen molar-refractivity contribution in [1.29, 1.82) is 0 Å². The summed E-state index contributed by atoms with van der Waals surface area (Å²) in [6, 6.07) is 19.9. The van der Waals surface area contributed by atoms with Crippen LogP contribution in [0.4, 0.5) is 4.79 Å². The summed E-state index contributed by atoms with van der Waals surface area (Å²) in [6.07, 6.45) is 0.0111. The smallest absolute Gasteiger partial charge is 0.418 e. The number of nitrogens with one attached hydrogen (secondary N) is 2. The number of aliphatic hydroxyl groups excluding tert-OH is 2. The molecule has 11 nitrogen and oxygen atoms in total. The van der Waals surface area contributed by atoms with Crippen LogP contribution in [0.5, 0.6) is 0 Å². The van der Waals surface area contributed by atoms with Crippen LogP contribution in [-0.2, 0) is 31.3 Å². The lowest BCUT2D eigenvalue weighted by Crippen LogP contribution is -2.64. The molecule has 0 saturated carbocycles. The van der Waals surface area contributed by atoms with Crippen molar-refractivity contribution in [2.24, 2.45) is 23.5 Å². The summed E-state index contributed by atoms with van der Waals surface area (Å²) < 4.78 is 5.82. The van der Waals surface area contributed by atoms with Crippen LogP contribution < -0.4 is 16.4 Å². The van der Waals surface area contributed by atoms with E-state index < -0.39 is 47.6 Å². The van der Waals surface area contributed by atoms with Crippen molar-refractivity contribution < 1.29 is 34.1 Å². The molecule has 0 aliphatic heterocycles. The van der Waals surface area contributed by atoms with Gasteiger partial charge in [0.25, 0.3) is 5.91 Å². The average molecular weight is 747 g/mol. The summed E-state index contributed by atoms with van der Waals surface area (Å²) in [7, 11) is 0. The predicted octanol–water partition coefficient (Wildman–Crippen LogP) is 6.18. The van der Waals surface area contributed by atoms with E-state index in [4.69, 9.17) is 10.5 Å². The number of unbranched alkanes of at least 4 members (excludes halogenated alkanes) is 1. The molecule has 0 aliphatic carbocycles. The standard InChI is InChI=1S/C43H62N4O7/c1-7-8-23-43(36-22-14-19-33-18-12-13-21-35(33)36,47(40(51)31(6)44)42(53)54-28-32-16-10-9-11-17-32)41(52)46-37(25-29(2)3)38(49)26-34(20-15-24-48)39(50)45-27-30(4)5/h9-14,16-19,21-22,29-31,34,37-38,48-49H,7-8,15,20,23-28,44H2,1-6H3,(H,45,50)(H,46,52)/t31-,34?,37-,38-,43+/m0/s1. The zero-order valence-corrected chi connectivity index (χ0v) is 32.9. The molecule has 6 N–H and O–H groups in total. The van der Waals surface area contributed by atoms with Gasteiger partial charge in [-0.15, -0.1) is 0 Å². The SMILES string of the molecule is CCCC[C@](C(=O)N[C@@H](CC(C)C)[C@@H](O)CC(CCCO)C(=O)NCC(C)C)(c1cccc2ccccc12)N(C(=O)OCc1ccccc1)C(=O)[C@H](C)N. The van der Waals surface area contributed by atoms with E-state index in [-0.39, 0.29) is 43.8 Å². The fraction of sp³-hybridized carbons (Fsp3) is 0.535.